The number of carbonyl (C=O) groups is 1. The van der Waals surface area contributed by atoms with E-state index in [1.807, 2.05) is 78.6 Å². The Bertz CT molecular complexity index is 1620. The molecule has 1 fully saturated rings. The van der Waals surface area contributed by atoms with Crippen molar-refractivity contribution in [1.82, 2.24) is 19.4 Å². The van der Waals surface area contributed by atoms with Crippen molar-refractivity contribution >= 4 is 22.8 Å². The Morgan fingerprint density at radius 3 is 2.38 bits per heavy atom. The molecule has 2 aromatic heterocycles. The Kier molecular flexibility index (Phi) is 7.06. The number of carbonyl (C=O) groups excluding carboxylic acids is 1. The third kappa shape index (κ3) is 5.08. The van der Waals surface area contributed by atoms with Gasteiger partial charge in [-0.2, -0.15) is 0 Å². The molecule has 6 rings (SSSR count). The lowest BCUT2D eigenvalue weighted by Crippen LogP contribution is -2.50. The van der Waals surface area contributed by atoms with E-state index in [0.717, 1.165) is 45.0 Å². The van der Waals surface area contributed by atoms with Gasteiger partial charge in [0.2, 0.25) is 0 Å². The summed E-state index contributed by atoms with van der Waals surface area (Å²) in [5.41, 5.74) is 5.08. The topological polar surface area (TPSA) is 72.7 Å². The van der Waals surface area contributed by atoms with Gasteiger partial charge in [-0.25, -0.2) is 9.97 Å². The summed E-state index contributed by atoms with van der Waals surface area (Å²) >= 11 is 0. The van der Waals surface area contributed by atoms with Gasteiger partial charge in [0.1, 0.15) is 23.6 Å². The number of piperazine rings is 1. The van der Waals surface area contributed by atoms with E-state index >= 15 is 0 Å². The second kappa shape index (κ2) is 11.1. The van der Waals surface area contributed by atoms with Gasteiger partial charge in [-0.05, 0) is 54.4 Å². The third-order valence-corrected chi connectivity index (χ3v) is 7.28. The summed E-state index contributed by atoms with van der Waals surface area (Å²) in [6.07, 6.45) is 3.75. The van der Waals surface area contributed by atoms with Crippen molar-refractivity contribution in [2.24, 2.45) is 0 Å². The summed E-state index contributed by atoms with van der Waals surface area (Å²) < 4.78 is 13.2. The molecule has 0 atom stereocenters. The number of hydrogen-bond acceptors (Lipinski definition) is 6. The molecule has 0 bridgehead atoms. The molecule has 0 aliphatic carbocycles. The van der Waals surface area contributed by atoms with Gasteiger partial charge in [-0.3, -0.25) is 4.79 Å². The van der Waals surface area contributed by atoms with Crippen molar-refractivity contribution in [2.45, 2.75) is 6.92 Å². The van der Waals surface area contributed by atoms with E-state index in [4.69, 9.17) is 19.4 Å². The Hall–Kier alpha value is -4.85. The predicted molar refractivity (Wildman–Crippen MR) is 156 cm³/mol. The van der Waals surface area contributed by atoms with Crippen LogP contribution < -0.4 is 14.4 Å². The first-order chi connectivity index (χ1) is 19.6. The maximum Gasteiger partial charge on any atom is 0.260 e. The van der Waals surface area contributed by atoms with E-state index in [9.17, 15) is 4.79 Å². The molecular weight excluding hydrogens is 502 g/mol. The highest BCUT2D eigenvalue weighted by Crippen LogP contribution is 2.37. The molecule has 8 heteroatoms. The van der Waals surface area contributed by atoms with Gasteiger partial charge in [0.25, 0.3) is 5.91 Å². The van der Waals surface area contributed by atoms with Gasteiger partial charge in [0.05, 0.1) is 12.5 Å². The van der Waals surface area contributed by atoms with E-state index in [-0.39, 0.29) is 12.5 Å². The number of amides is 1. The molecule has 3 heterocycles. The summed E-state index contributed by atoms with van der Waals surface area (Å²) in [5.74, 6) is 2.38. The number of aromatic nitrogens is 3. The summed E-state index contributed by atoms with van der Waals surface area (Å²) in [5, 5.41) is 0.993. The zero-order chi connectivity index (χ0) is 27.5. The molecule has 0 unspecified atom stereocenters. The number of hydrogen-bond donors (Lipinski definition) is 0. The summed E-state index contributed by atoms with van der Waals surface area (Å²) in [6.45, 7) is 4.58. The van der Waals surface area contributed by atoms with Crippen LogP contribution in [0.2, 0.25) is 0 Å². The van der Waals surface area contributed by atoms with Crippen LogP contribution in [0.25, 0.3) is 27.8 Å². The molecule has 1 amide bonds. The molecule has 0 N–H and O–H groups in total. The van der Waals surface area contributed by atoms with Gasteiger partial charge < -0.3 is 23.8 Å². The number of benzene rings is 3. The Labute approximate surface area is 233 Å². The van der Waals surface area contributed by atoms with Gasteiger partial charge in [-0.1, -0.05) is 42.5 Å². The molecule has 3 aromatic carbocycles. The standard InChI is InChI=1S/C32H31N5O3/c1-23-7-6-10-27(19-23)40-21-29(38)35-15-17-36(18-16-35)31-30-28(24-8-4-3-5-9-24)20-37(32(30)34-22-33-31)25-11-13-26(39-2)14-12-25/h3-14,19-20,22H,15-18,21H2,1-2H3. The number of fused-ring (bicyclic) bond motifs is 1. The SMILES string of the molecule is COc1ccc(-n2cc(-c3ccccc3)c3c(N4CCN(C(=O)COc5cccc(C)c5)CC4)ncnc32)cc1. The van der Waals surface area contributed by atoms with Gasteiger partial charge in [0, 0.05) is 43.6 Å². The van der Waals surface area contributed by atoms with Crippen molar-refractivity contribution < 1.29 is 14.3 Å². The number of anilines is 1. The fourth-order valence-electron chi connectivity index (χ4n) is 5.17. The second-order valence-electron chi connectivity index (χ2n) is 9.85. The van der Waals surface area contributed by atoms with Crippen LogP contribution in [0, 0.1) is 6.92 Å². The van der Waals surface area contributed by atoms with Crippen molar-refractivity contribution in [3.63, 3.8) is 0 Å². The molecule has 202 valence electrons. The Balaban J connectivity index is 1.27. The van der Waals surface area contributed by atoms with Gasteiger partial charge in [-0.15, -0.1) is 0 Å². The number of ether oxygens (including phenoxy) is 2. The van der Waals surface area contributed by atoms with Crippen LogP contribution in [0.1, 0.15) is 5.56 Å². The first-order valence-electron chi connectivity index (χ1n) is 13.4. The highest BCUT2D eigenvalue weighted by Gasteiger charge is 2.26. The lowest BCUT2D eigenvalue weighted by atomic mass is 10.1. The van der Waals surface area contributed by atoms with Gasteiger partial charge in [0.15, 0.2) is 12.3 Å². The fraction of sp³-hybridized carbons (Fsp3) is 0.219. The van der Waals surface area contributed by atoms with Crippen molar-refractivity contribution in [3.05, 3.63) is 97.0 Å². The van der Waals surface area contributed by atoms with Gasteiger partial charge >= 0.3 is 0 Å². The maximum absolute atomic E-state index is 12.9. The molecule has 0 spiro atoms. The maximum atomic E-state index is 12.9. The van der Waals surface area contributed by atoms with Crippen LogP contribution in [-0.2, 0) is 4.79 Å². The lowest BCUT2D eigenvalue weighted by Gasteiger charge is -2.35. The molecule has 0 radical (unpaired) electrons. The van der Waals surface area contributed by atoms with E-state index in [0.29, 0.717) is 31.9 Å². The number of aryl methyl sites for hydroxylation is 1. The van der Waals surface area contributed by atoms with E-state index in [1.54, 1.807) is 13.4 Å². The highest BCUT2D eigenvalue weighted by atomic mass is 16.5. The number of methoxy groups -OCH3 is 1. The second-order valence-corrected chi connectivity index (χ2v) is 9.85. The predicted octanol–water partition coefficient (Wildman–Crippen LogP) is 5.13. The molecule has 1 aliphatic heterocycles. The minimum absolute atomic E-state index is 0.00961. The van der Waals surface area contributed by atoms with Crippen molar-refractivity contribution in [3.8, 4) is 28.3 Å². The van der Waals surface area contributed by atoms with Crippen molar-refractivity contribution in [2.75, 3.05) is 44.8 Å². The third-order valence-electron chi connectivity index (χ3n) is 7.28. The molecule has 40 heavy (non-hydrogen) atoms. The lowest BCUT2D eigenvalue weighted by molar-refractivity contribution is -0.133. The zero-order valence-electron chi connectivity index (χ0n) is 22.7. The molecular formula is C32H31N5O3. The average molecular weight is 534 g/mol. The molecule has 1 saturated heterocycles. The molecule has 5 aromatic rings. The van der Waals surface area contributed by atoms with Crippen LogP contribution in [0.3, 0.4) is 0 Å². The minimum atomic E-state index is -0.00961. The van der Waals surface area contributed by atoms with Crippen LogP contribution in [-0.4, -0.2) is 65.2 Å². The largest absolute Gasteiger partial charge is 0.497 e. The molecule has 0 saturated carbocycles. The summed E-state index contributed by atoms with van der Waals surface area (Å²) in [7, 11) is 1.66. The summed E-state index contributed by atoms with van der Waals surface area (Å²) in [4.78, 5) is 26.5. The quantitative estimate of drug-likeness (QED) is 0.289. The normalized spacial score (nSPS) is 13.4. The van der Waals surface area contributed by atoms with Crippen LogP contribution >= 0.6 is 0 Å². The van der Waals surface area contributed by atoms with Crippen LogP contribution in [0.4, 0.5) is 5.82 Å². The van der Waals surface area contributed by atoms with Crippen LogP contribution in [0.5, 0.6) is 11.5 Å². The smallest absolute Gasteiger partial charge is 0.260 e. The zero-order valence-corrected chi connectivity index (χ0v) is 22.7. The van der Waals surface area contributed by atoms with Crippen LogP contribution in [0.15, 0.2) is 91.4 Å². The van der Waals surface area contributed by atoms with Crippen molar-refractivity contribution in [1.29, 1.82) is 0 Å². The Morgan fingerprint density at radius 2 is 1.65 bits per heavy atom. The minimum Gasteiger partial charge on any atom is -0.497 e. The Morgan fingerprint density at radius 1 is 0.875 bits per heavy atom. The first-order valence-corrected chi connectivity index (χ1v) is 13.4. The van der Waals surface area contributed by atoms with E-state index in [2.05, 4.69) is 27.8 Å². The molecule has 8 nitrogen and oxygen atoms in total. The number of nitrogens with zero attached hydrogens (tertiary/aromatic N) is 5. The van der Waals surface area contributed by atoms with E-state index in [1.165, 1.54) is 0 Å². The number of rotatable bonds is 7. The summed E-state index contributed by atoms with van der Waals surface area (Å²) in [6, 6.07) is 26.0. The average Bonchev–Trinajstić information content (AvgIpc) is 3.40. The highest BCUT2D eigenvalue weighted by molar-refractivity contribution is 6.02. The molecule has 1 aliphatic rings. The monoisotopic (exact) mass is 533 g/mol. The van der Waals surface area contributed by atoms with E-state index < -0.39 is 0 Å². The first kappa shape index (κ1) is 25.4. The fourth-order valence-corrected chi connectivity index (χ4v) is 5.17.